The van der Waals surface area contributed by atoms with Crippen molar-refractivity contribution < 1.29 is 19.6 Å². The van der Waals surface area contributed by atoms with Gasteiger partial charge < -0.3 is 0 Å². The molecule has 138 valence electrons. The van der Waals surface area contributed by atoms with Crippen LogP contribution in [0.5, 0.6) is 0 Å². The molecule has 0 aromatic heterocycles. The summed E-state index contributed by atoms with van der Waals surface area (Å²) in [6.07, 6.45) is 0. The molecule has 0 heterocycles. The Balaban J connectivity index is 2.55. The van der Waals surface area contributed by atoms with Crippen LogP contribution in [0.15, 0.2) is 24.3 Å². The number of benzene rings is 1. The Kier molecular flexibility index (Phi) is 7.87. The molecule has 1 rings (SSSR count). The SMILES string of the molecule is C[C@H](COOC(C)(C)C)c1cccc([C@H](C)COOC(C)(C)C)c1. The van der Waals surface area contributed by atoms with Gasteiger partial charge in [0.05, 0.1) is 24.4 Å². The molecular weight excluding hydrogens is 304 g/mol. The van der Waals surface area contributed by atoms with Crippen LogP contribution in [0.2, 0.25) is 0 Å². The van der Waals surface area contributed by atoms with Crippen molar-refractivity contribution in [2.45, 2.75) is 78.4 Å². The third-order valence-electron chi connectivity index (χ3n) is 3.30. The molecule has 0 aliphatic rings. The summed E-state index contributed by atoms with van der Waals surface area (Å²) in [5.41, 5.74) is 1.88. The van der Waals surface area contributed by atoms with Gasteiger partial charge in [0.15, 0.2) is 0 Å². The highest BCUT2D eigenvalue weighted by molar-refractivity contribution is 5.28. The minimum Gasteiger partial charge on any atom is -0.236 e. The molecule has 0 fully saturated rings. The predicted molar refractivity (Wildman–Crippen MR) is 96.9 cm³/mol. The van der Waals surface area contributed by atoms with Gasteiger partial charge in [-0.1, -0.05) is 38.1 Å². The fourth-order valence-electron chi connectivity index (χ4n) is 1.99. The standard InChI is InChI=1S/C20H34O4/c1-15(13-21-23-19(3,4)5)17-10-9-11-18(12-17)16(2)14-22-24-20(6,7)8/h9-12,15-16H,13-14H2,1-8H3/t15-,16-/m1/s1. The lowest BCUT2D eigenvalue weighted by Crippen LogP contribution is -2.21. The summed E-state index contributed by atoms with van der Waals surface area (Å²) in [6.45, 7) is 17.2. The van der Waals surface area contributed by atoms with Crippen molar-refractivity contribution >= 4 is 0 Å². The van der Waals surface area contributed by atoms with E-state index in [9.17, 15) is 0 Å². The average Bonchev–Trinajstić information content (AvgIpc) is 2.44. The lowest BCUT2D eigenvalue weighted by Gasteiger charge is -2.21. The number of hydrogen-bond donors (Lipinski definition) is 0. The molecule has 0 spiro atoms. The van der Waals surface area contributed by atoms with Crippen LogP contribution in [0.3, 0.4) is 0 Å². The van der Waals surface area contributed by atoms with Crippen LogP contribution < -0.4 is 0 Å². The highest BCUT2D eigenvalue weighted by Gasteiger charge is 2.16. The zero-order chi connectivity index (χ0) is 18.4. The van der Waals surface area contributed by atoms with E-state index in [0.717, 1.165) is 0 Å². The van der Waals surface area contributed by atoms with Crippen molar-refractivity contribution in [3.8, 4) is 0 Å². The zero-order valence-electron chi connectivity index (χ0n) is 16.5. The van der Waals surface area contributed by atoms with Gasteiger partial charge in [-0.05, 0) is 52.7 Å². The van der Waals surface area contributed by atoms with Crippen molar-refractivity contribution in [1.82, 2.24) is 0 Å². The molecule has 0 saturated heterocycles. The van der Waals surface area contributed by atoms with E-state index in [1.165, 1.54) is 11.1 Å². The number of hydrogen-bond acceptors (Lipinski definition) is 4. The summed E-state index contributed by atoms with van der Waals surface area (Å²) in [4.78, 5) is 21.4. The smallest absolute Gasteiger partial charge is 0.0952 e. The summed E-state index contributed by atoms with van der Waals surface area (Å²) in [6, 6.07) is 8.52. The van der Waals surface area contributed by atoms with Gasteiger partial charge in [-0.3, -0.25) is 0 Å². The summed E-state index contributed by atoms with van der Waals surface area (Å²) in [5.74, 6) is 0.512. The van der Waals surface area contributed by atoms with Crippen LogP contribution in [0, 0.1) is 0 Å². The molecule has 0 bridgehead atoms. The van der Waals surface area contributed by atoms with Crippen molar-refractivity contribution in [2.75, 3.05) is 13.2 Å². The van der Waals surface area contributed by atoms with Crippen LogP contribution in [0.1, 0.15) is 78.4 Å². The highest BCUT2D eigenvalue weighted by atomic mass is 17.2. The topological polar surface area (TPSA) is 36.9 Å². The van der Waals surface area contributed by atoms with Crippen LogP contribution in [-0.4, -0.2) is 24.4 Å². The van der Waals surface area contributed by atoms with Gasteiger partial charge in [-0.15, -0.1) is 0 Å². The summed E-state index contributed by atoms with van der Waals surface area (Å²) >= 11 is 0. The first-order valence-corrected chi connectivity index (χ1v) is 8.69. The molecule has 24 heavy (non-hydrogen) atoms. The van der Waals surface area contributed by atoms with Gasteiger partial charge >= 0.3 is 0 Å². The lowest BCUT2D eigenvalue weighted by molar-refractivity contribution is -0.350. The molecule has 4 heteroatoms. The molecule has 2 atom stereocenters. The molecule has 4 nitrogen and oxygen atoms in total. The first-order chi connectivity index (χ1) is 11.0. The molecule has 0 radical (unpaired) electrons. The predicted octanol–water partition coefficient (Wildman–Crippen LogP) is 5.39. The normalized spacial score (nSPS) is 15.3. The van der Waals surface area contributed by atoms with Gasteiger partial charge in [0, 0.05) is 11.8 Å². The van der Waals surface area contributed by atoms with E-state index in [1.807, 2.05) is 41.5 Å². The second-order valence-electron chi connectivity index (χ2n) is 8.43. The molecule has 0 aliphatic carbocycles. The maximum atomic E-state index is 5.37. The van der Waals surface area contributed by atoms with Gasteiger partial charge in [0.2, 0.25) is 0 Å². The van der Waals surface area contributed by atoms with E-state index >= 15 is 0 Å². The van der Waals surface area contributed by atoms with E-state index in [2.05, 4.69) is 38.1 Å². The fourth-order valence-corrected chi connectivity index (χ4v) is 1.99. The van der Waals surface area contributed by atoms with Gasteiger partial charge in [0.1, 0.15) is 0 Å². The Morgan fingerprint density at radius 1 is 0.750 bits per heavy atom. The van der Waals surface area contributed by atoms with E-state index in [4.69, 9.17) is 19.6 Å². The van der Waals surface area contributed by atoms with Gasteiger partial charge in [-0.2, -0.15) is 0 Å². The van der Waals surface area contributed by atoms with Crippen molar-refractivity contribution in [3.05, 3.63) is 35.4 Å². The Hall–Kier alpha value is -0.940. The van der Waals surface area contributed by atoms with Crippen molar-refractivity contribution in [3.63, 3.8) is 0 Å². The third kappa shape index (κ3) is 8.78. The molecule has 0 unspecified atom stereocenters. The Morgan fingerprint density at radius 3 is 1.46 bits per heavy atom. The Labute approximate surface area is 147 Å². The number of rotatable bonds is 8. The molecule has 0 saturated carbocycles. The van der Waals surface area contributed by atoms with Crippen LogP contribution in [-0.2, 0) is 19.6 Å². The van der Waals surface area contributed by atoms with Gasteiger partial charge in [0.25, 0.3) is 0 Å². The van der Waals surface area contributed by atoms with Crippen LogP contribution in [0.25, 0.3) is 0 Å². The molecule has 0 aliphatic heterocycles. The second kappa shape index (κ2) is 8.95. The highest BCUT2D eigenvalue weighted by Crippen LogP contribution is 2.23. The maximum Gasteiger partial charge on any atom is 0.0952 e. The van der Waals surface area contributed by atoms with Gasteiger partial charge in [-0.25, -0.2) is 19.6 Å². The zero-order valence-corrected chi connectivity index (χ0v) is 16.5. The molecule has 1 aromatic carbocycles. The monoisotopic (exact) mass is 338 g/mol. The quantitative estimate of drug-likeness (QED) is 0.470. The fraction of sp³-hybridized carbons (Fsp3) is 0.700. The van der Waals surface area contributed by atoms with Crippen LogP contribution in [0.4, 0.5) is 0 Å². The molecule has 0 amide bonds. The maximum absolute atomic E-state index is 5.37. The van der Waals surface area contributed by atoms with E-state index in [0.29, 0.717) is 13.2 Å². The minimum atomic E-state index is -0.291. The van der Waals surface area contributed by atoms with E-state index < -0.39 is 0 Å². The van der Waals surface area contributed by atoms with E-state index in [1.54, 1.807) is 0 Å². The molecule has 1 aromatic rings. The Morgan fingerprint density at radius 2 is 1.12 bits per heavy atom. The molecular formula is C20H34O4. The molecule has 0 N–H and O–H groups in total. The summed E-state index contributed by atoms with van der Waals surface area (Å²) in [5, 5.41) is 0. The second-order valence-corrected chi connectivity index (χ2v) is 8.43. The van der Waals surface area contributed by atoms with Crippen molar-refractivity contribution in [2.24, 2.45) is 0 Å². The first kappa shape index (κ1) is 21.1. The minimum absolute atomic E-state index is 0.256. The van der Waals surface area contributed by atoms with E-state index in [-0.39, 0.29) is 23.0 Å². The lowest BCUT2D eigenvalue weighted by atomic mass is 9.95. The first-order valence-electron chi connectivity index (χ1n) is 8.69. The van der Waals surface area contributed by atoms with Crippen LogP contribution >= 0.6 is 0 Å². The third-order valence-corrected chi connectivity index (χ3v) is 3.30. The van der Waals surface area contributed by atoms with Crippen molar-refractivity contribution in [1.29, 1.82) is 0 Å². The largest absolute Gasteiger partial charge is 0.236 e. The Bertz CT molecular complexity index is 444. The summed E-state index contributed by atoms with van der Waals surface area (Å²) < 4.78 is 0. The summed E-state index contributed by atoms with van der Waals surface area (Å²) in [7, 11) is 0. The average molecular weight is 338 g/mol.